The lowest BCUT2D eigenvalue weighted by atomic mass is 10.1. The number of nitrogens with one attached hydrogen (secondary N) is 1. The number of anilines is 1. The van der Waals surface area contributed by atoms with Gasteiger partial charge in [-0.15, -0.1) is 0 Å². The van der Waals surface area contributed by atoms with Crippen LogP contribution in [0, 0.1) is 10.1 Å². The van der Waals surface area contributed by atoms with Crippen molar-refractivity contribution in [1.29, 1.82) is 0 Å². The molecule has 0 saturated heterocycles. The summed E-state index contributed by atoms with van der Waals surface area (Å²) in [6, 6.07) is 13.1. The molecule has 1 fully saturated rings. The Kier molecular flexibility index (Phi) is 6.03. The van der Waals surface area contributed by atoms with Crippen LogP contribution in [0.5, 0.6) is 0 Å². The molecule has 7 heteroatoms. The molecule has 0 aliphatic heterocycles. The predicted molar refractivity (Wildman–Crippen MR) is 106 cm³/mol. The molecule has 1 aliphatic carbocycles. The largest absolute Gasteiger partial charge is 0.339 e. The molecule has 0 aromatic heterocycles. The van der Waals surface area contributed by atoms with E-state index in [0.29, 0.717) is 22.9 Å². The van der Waals surface area contributed by atoms with Gasteiger partial charge in [0.05, 0.1) is 11.3 Å². The molecule has 28 heavy (non-hydrogen) atoms. The summed E-state index contributed by atoms with van der Waals surface area (Å²) in [7, 11) is 1.85. The monoisotopic (exact) mass is 381 g/mol. The molecule has 0 bridgehead atoms. The van der Waals surface area contributed by atoms with Gasteiger partial charge in [-0.25, -0.2) is 0 Å². The first-order valence-electron chi connectivity index (χ1n) is 9.34. The molecular weight excluding hydrogens is 358 g/mol. The van der Waals surface area contributed by atoms with Crippen molar-refractivity contribution in [3.63, 3.8) is 0 Å². The predicted octanol–water partition coefficient (Wildman–Crippen LogP) is 3.79. The van der Waals surface area contributed by atoms with E-state index in [1.807, 2.05) is 11.9 Å². The summed E-state index contributed by atoms with van der Waals surface area (Å²) in [6.45, 7) is 0. The van der Waals surface area contributed by atoms with E-state index < -0.39 is 4.92 Å². The maximum Gasteiger partial charge on any atom is 0.269 e. The fourth-order valence-corrected chi connectivity index (χ4v) is 3.48. The van der Waals surface area contributed by atoms with Crippen molar-refractivity contribution in [1.82, 2.24) is 4.90 Å². The van der Waals surface area contributed by atoms with E-state index in [0.717, 1.165) is 12.8 Å². The van der Waals surface area contributed by atoms with Crippen LogP contribution in [0.25, 0.3) is 0 Å². The summed E-state index contributed by atoms with van der Waals surface area (Å²) in [6.07, 6.45) is 4.56. The first kappa shape index (κ1) is 19.5. The van der Waals surface area contributed by atoms with Gasteiger partial charge in [-0.3, -0.25) is 19.7 Å². The van der Waals surface area contributed by atoms with Crippen molar-refractivity contribution in [3.8, 4) is 0 Å². The zero-order valence-corrected chi connectivity index (χ0v) is 15.8. The molecule has 1 aliphatic rings. The minimum absolute atomic E-state index is 0.00402. The second-order valence-corrected chi connectivity index (χ2v) is 7.08. The van der Waals surface area contributed by atoms with Crippen molar-refractivity contribution in [2.24, 2.45) is 0 Å². The van der Waals surface area contributed by atoms with Gasteiger partial charge in [-0.1, -0.05) is 25.0 Å². The molecule has 0 radical (unpaired) electrons. The fraction of sp³-hybridized carbons (Fsp3) is 0.333. The highest BCUT2D eigenvalue weighted by molar-refractivity contribution is 5.96. The SMILES string of the molecule is CN(C(=O)c1ccc(NC(=O)Cc2ccc([N+](=O)[O-])cc2)cc1)C1CCCC1. The van der Waals surface area contributed by atoms with Gasteiger partial charge in [0, 0.05) is 36.5 Å². The van der Waals surface area contributed by atoms with Gasteiger partial charge >= 0.3 is 0 Å². The van der Waals surface area contributed by atoms with Crippen LogP contribution in [0.4, 0.5) is 11.4 Å². The number of nitrogens with zero attached hydrogens (tertiary/aromatic N) is 2. The molecule has 1 N–H and O–H groups in total. The minimum Gasteiger partial charge on any atom is -0.339 e. The smallest absolute Gasteiger partial charge is 0.269 e. The number of nitro groups is 1. The van der Waals surface area contributed by atoms with Crippen LogP contribution in [0.1, 0.15) is 41.6 Å². The van der Waals surface area contributed by atoms with Crippen molar-refractivity contribution < 1.29 is 14.5 Å². The second kappa shape index (κ2) is 8.65. The molecule has 0 unspecified atom stereocenters. The van der Waals surface area contributed by atoms with Crippen LogP contribution >= 0.6 is 0 Å². The third-order valence-corrected chi connectivity index (χ3v) is 5.12. The van der Waals surface area contributed by atoms with Crippen molar-refractivity contribution in [2.75, 3.05) is 12.4 Å². The zero-order chi connectivity index (χ0) is 20.1. The number of non-ortho nitro benzene ring substituents is 1. The first-order chi connectivity index (χ1) is 13.4. The summed E-state index contributed by atoms with van der Waals surface area (Å²) in [5.74, 6) is -0.230. The highest BCUT2D eigenvalue weighted by Crippen LogP contribution is 2.24. The van der Waals surface area contributed by atoms with E-state index in [2.05, 4.69) is 5.32 Å². The quantitative estimate of drug-likeness (QED) is 0.609. The summed E-state index contributed by atoms with van der Waals surface area (Å²) >= 11 is 0. The van der Waals surface area contributed by atoms with Crippen LogP contribution < -0.4 is 5.32 Å². The Morgan fingerprint density at radius 1 is 1.07 bits per heavy atom. The Balaban J connectivity index is 1.56. The van der Waals surface area contributed by atoms with Gasteiger partial charge in [0.25, 0.3) is 11.6 Å². The van der Waals surface area contributed by atoms with Gasteiger partial charge in [0.2, 0.25) is 5.91 Å². The molecule has 1 saturated carbocycles. The van der Waals surface area contributed by atoms with Crippen molar-refractivity contribution >= 4 is 23.2 Å². The summed E-state index contributed by atoms with van der Waals surface area (Å²) < 4.78 is 0. The second-order valence-electron chi connectivity index (χ2n) is 7.08. The number of rotatable bonds is 6. The average Bonchev–Trinajstić information content (AvgIpc) is 3.22. The summed E-state index contributed by atoms with van der Waals surface area (Å²) in [5, 5.41) is 13.4. The van der Waals surface area contributed by atoms with E-state index >= 15 is 0 Å². The van der Waals surface area contributed by atoms with Gasteiger partial charge in [-0.05, 0) is 42.7 Å². The van der Waals surface area contributed by atoms with E-state index in [1.54, 1.807) is 36.4 Å². The van der Waals surface area contributed by atoms with Gasteiger partial charge in [0.15, 0.2) is 0 Å². The summed E-state index contributed by atoms with van der Waals surface area (Å²) in [4.78, 5) is 36.8. The number of nitro benzene ring substituents is 1. The lowest BCUT2D eigenvalue weighted by Crippen LogP contribution is -2.35. The maximum absolute atomic E-state index is 12.6. The van der Waals surface area contributed by atoms with E-state index in [4.69, 9.17) is 0 Å². The Hall–Kier alpha value is -3.22. The standard InChI is InChI=1S/C21H23N3O4/c1-23(18-4-2-3-5-18)21(26)16-8-10-17(11-9-16)22-20(25)14-15-6-12-19(13-7-15)24(27)28/h6-13,18H,2-5,14H2,1H3,(H,22,25). The van der Waals surface area contributed by atoms with Crippen LogP contribution in [-0.2, 0) is 11.2 Å². The highest BCUT2D eigenvalue weighted by Gasteiger charge is 2.24. The molecule has 0 spiro atoms. The number of benzene rings is 2. The summed E-state index contributed by atoms with van der Waals surface area (Å²) in [5.41, 5.74) is 1.88. The van der Waals surface area contributed by atoms with Gasteiger partial charge in [0.1, 0.15) is 0 Å². The topological polar surface area (TPSA) is 92.6 Å². The Labute approximate surface area is 163 Å². The van der Waals surface area contributed by atoms with Crippen LogP contribution in [0.3, 0.4) is 0 Å². The molecule has 7 nitrogen and oxygen atoms in total. The molecular formula is C21H23N3O4. The van der Waals surface area contributed by atoms with E-state index in [1.165, 1.54) is 25.0 Å². The van der Waals surface area contributed by atoms with Crippen molar-refractivity contribution in [2.45, 2.75) is 38.1 Å². The van der Waals surface area contributed by atoms with Gasteiger partial charge in [-0.2, -0.15) is 0 Å². The number of carbonyl (C=O) groups excluding carboxylic acids is 2. The minimum atomic E-state index is -0.475. The number of carbonyl (C=O) groups is 2. The Morgan fingerprint density at radius 2 is 1.68 bits per heavy atom. The highest BCUT2D eigenvalue weighted by atomic mass is 16.6. The molecule has 2 aromatic carbocycles. The molecule has 0 atom stereocenters. The van der Waals surface area contributed by atoms with E-state index in [-0.39, 0.29) is 23.9 Å². The number of hydrogen-bond donors (Lipinski definition) is 1. The lowest BCUT2D eigenvalue weighted by Gasteiger charge is -2.24. The molecule has 0 heterocycles. The molecule has 146 valence electrons. The molecule has 2 aromatic rings. The van der Waals surface area contributed by atoms with Gasteiger partial charge < -0.3 is 10.2 Å². The third kappa shape index (κ3) is 4.73. The van der Waals surface area contributed by atoms with E-state index in [9.17, 15) is 19.7 Å². The first-order valence-corrected chi connectivity index (χ1v) is 9.34. The number of hydrogen-bond acceptors (Lipinski definition) is 4. The molecule has 2 amide bonds. The van der Waals surface area contributed by atoms with Crippen LogP contribution in [-0.4, -0.2) is 34.7 Å². The number of amides is 2. The fourth-order valence-electron chi connectivity index (χ4n) is 3.48. The van der Waals surface area contributed by atoms with Crippen molar-refractivity contribution in [3.05, 3.63) is 69.8 Å². The average molecular weight is 381 g/mol. The van der Waals surface area contributed by atoms with Crippen LogP contribution in [0.2, 0.25) is 0 Å². The third-order valence-electron chi connectivity index (χ3n) is 5.12. The normalized spacial score (nSPS) is 13.9. The Morgan fingerprint density at radius 3 is 2.25 bits per heavy atom. The molecule has 3 rings (SSSR count). The zero-order valence-electron chi connectivity index (χ0n) is 15.8. The lowest BCUT2D eigenvalue weighted by molar-refractivity contribution is -0.384. The maximum atomic E-state index is 12.6. The van der Waals surface area contributed by atoms with Crippen LogP contribution in [0.15, 0.2) is 48.5 Å². The Bertz CT molecular complexity index is 856.